The summed E-state index contributed by atoms with van der Waals surface area (Å²) in [7, 11) is 0. The lowest BCUT2D eigenvalue weighted by atomic mass is 9.95. The van der Waals surface area contributed by atoms with E-state index in [9.17, 15) is 14.4 Å². The molecule has 28 heavy (non-hydrogen) atoms. The number of fused-ring (bicyclic) bond motifs is 1. The van der Waals surface area contributed by atoms with Gasteiger partial charge in [-0.15, -0.1) is 11.3 Å². The number of carbonyl (C=O) groups is 3. The summed E-state index contributed by atoms with van der Waals surface area (Å²) in [5.74, 6) is -0.328. The van der Waals surface area contributed by atoms with E-state index in [0.29, 0.717) is 30.9 Å². The van der Waals surface area contributed by atoms with Crippen LogP contribution in [0.3, 0.4) is 0 Å². The van der Waals surface area contributed by atoms with Gasteiger partial charge in [0.25, 0.3) is 5.91 Å². The van der Waals surface area contributed by atoms with Crippen molar-refractivity contribution in [2.24, 2.45) is 5.73 Å². The number of hydrogen-bond donors (Lipinski definition) is 1. The van der Waals surface area contributed by atoms with E-state index in [1.54, 1.807) is 11.1 Å². The molecule has 0 bridgehead atoms. The van der Waals surface area contributed by atoms with Gasteiger partial charge in [0.15, 0.2) is 0 Å². The largest absolute Gasteiger partial charge is 0.365 e. The molecule has 7 nitrogen and oxygen atoms in total. The Kier molecular flexibility index (Phi) is 5.30. The number of aromatic nitrogens is 1. The van der Waals surface area contributed by atoms with E-state index in [2.05, 4.69) is 4.98 Å². The first-order chi connectivity index (χ1) is 13.5. The second-order valence-corrected chi connectivity index (χ2v) is 8.52. The first-order valence-corrected chi connectivity index (χ1v) is 10.6. The molecule has 0 radical (unpaired) electrons. The van der Waals surface area contributed by atoms with Crippen molar-refractivity contribution in [1.29, 1.82) is 0 Å². The number of pyridine rings is 1. The highest BCUT2D eigenvalue weighted by atomic mass is 32.1. The number of likely N-dealkylation sites (tertiary alicyclic amines) is 2. The smallest absolute Gasteiger partial charge is 0.259 e. The fraction of sp³-hybridized carbons (Fsp3) is 0.500. The average molecular weight is 401 g/mol. The van der Waals surface area contributed by atoms with Crippen molar-refractivity contribution in [3.63, 3.8) is 0 Å². The van der Waals surface area contributed by atoms with Gasteiger partial charge in [-0.3, -0.25) is 14.4 Å². The number of nitrogens with two attached hydrogens (primary N) is 1. The van der Waals surface area contributed by atoms with Crippen molar-refractivity contribution in [3.8, 4) is 0 Å². The van der Waals surface area contributed by atoms with Gasteiger partial charge in [-0.25, -0.2) is 4.98 Å². The molecule has 8 heteroatoms. The van der Waals surface area contributed by atoms with Crippen molar-refractivity contribution >= 4 is 39.3 Å². The molecule has 2 aliphatic rings. The van der Waals surface area contributed by atoms with Crippen molar-refractivity contribution in [2.75, 3.05) is 26.2 Å². The molecule has 0 aliphatic carbocycles. The van der Waals surface area contributed by atoms with E-state index < -0.39 is 5.91 Å². The summed E-state index contributed by atoms with van der Waals surface area (Å²) >= 11 is 1.32. The molecule has 0 spiro atoms. The Bertz CT molecular complexity index is 925. The van der Waals surface area contributed by atoms with E-state index in [0.717, 1.165) is 41.5 Å². The lowest BCUT2D eigenvalue weighted by Gasteiger charge is -2.24. The van der Waals surface area contributed by atoms with E-state index in [4.69, 9.17) is 5.73 Å². The van der Waals surface area contributed by atoms with Crippen LogP contribution in [0.2, 0.25) is 0 Å². The number of carbonyl (C=O) groups excluding carboxylic acids is 3. The minimum Gasteiger partial charge on any atom is -0.365 e. The molecule has 2 aliphatic heterocycles. The average Bonchev–Trinajstić information content (AvgIpc) is 3.26. The Morgan fingerprint density at radius 2 is 2.11 bits per heavy atom. The highest BCUT2D eigenvalue weighted by Crippen LogP contribution is 2.39. The van der Waals surface area contributed by atoms with E-state index >= 15 is 0 Å². The summed E-state index contributed by atoms with van der Waals surface area (Å²) in [6.07, 6.45) is 5.92. The normalized spacial score (nSPS) is 20.6. The number of primary amides is 1. The SMILES string of the molecule is NC(=O)c1sc2ncccc2c1C1CCN(C(=O)CN2CCCCCC2=O)C1. The van der Waals surface area contributed by atoms with Crippen LogP contribution in [0.1, 0.15) is 53.3 Å². The molecular weight excluding hydrogens is 376 g/mol. The molecule has 4 heterocycles. The number of nitrogens with zero attached hydrogens (tertiary/aromatic N) is 3. The fourth-order valence-corrected chi connectivity index (χ4v) is 5.31. The predicted octanol–water partition coefficient (Wildman–Crippen LogP) is 2.11. The number of thiophene rings is 1. The summed E-state index contributed by atoms with van der Waals surface area (Å²) in [6, 6.07) is 3.81. The van der Waals surface area contributed by atoms with Crippen LogP contribution >= 0.6 is 11.3 Å². The molecule has 1 unspecified atom stereocenters. The van der Waals surface area contributed by atoms with Crippen LogP contribution in [0.15, 0.2) is 18.3 Å². The zero-order chi connectivity index (χ0) is 19.7. The lowest BCUT2D eigenvalue weighted by molar-refractivity contribution is -0.139. The van der Waals surface area contributed by atoms with Crippen molar-refractivity contribution in [2.45, 2.75) is 38.0 Å². The third kappa shape index (κ3) is 3.61. The minimum atomic E-state index is -0.446. The Morgan fingerprint density at radius 3 is 2.93 bits per heavy atom. The highest BCUT2D eigenvalue weighted by molar-refractivity contribution is 7.20. The van der Waals surface area contributed by atoms with Crippen LogP contribution in [-0.2, 0) is 9.59 Å². The van der Waals surface area contributed by atoms with Gasteiger partial charge in [-0.1, -0.05) is 12.5 Å². The summed E-state index contributed by atoms with van der Waals surface area (Å²) in [4.78, 5) is 46.1. The van der Waals surface area contributed by atoms with Gasteiger partial charge in [0.05, 0.1) is 11.4 Å². The molecule has 4 rings (SSSR count). The quantitative estimate of drug-likeness (QED) is 0.850. The van der Waals surface area contributed by atoms with Crippen LogP contribution in [0.5, 0.6) is 0 Å². The number of rotatable bonds is 4. The molecule has 0 saturated carbocycles. The topological polar surface area (TPSA) is 96.6 Å². The first-order valence-electron chi connectivity index (χ1n) is 9.77. The van der Waals surface area contributed by atoms with Crippen LogP contribution < -0.4 is 5.73 Å². The molecule has 2 N–H and O–H groups in total. The maximum absolute atomic E-state index is 12.8. The zero-order valence-corrected chi connectivity index (χ0v) is 16.5. The van der Waals surface area contributed by atoms with Gasteiger partial charge < -0.3 is 15.5 Å². The second-order valence-electron chi connectivity index (χ2n) is 7.52. The van der Waals surface area contributed by atoms with E-state index in [-0.39, 0.29) is 24.3 Å². The van der Waals surface area contributed by atoms with Crippen LogP contribution in [0.4, 0.5) is 0 Å². The lowest BCUT2D eigenvalue weighted by Crippen LogP contribution is -2.41. The maximum Gasteiger partial charge on any atom is 0.259 e. The molecule has 2 aromatic heterocycles. The first kappa shape index (κ1) is 18.9. The summed E-state index contributed by atoms with van der Waals surface area (Å²) in [5.41, 5.74) is 6.53. The van der Waals surface area contributed by atoms with Gasteiger partial charge >= 0.3 is 0 Å². The predicted molar refractivity (Wildman–Crippen MR) is 107 cm³/mol. The van der Waals surface area contributed by atoms with Gasteiger partial charge in [-0.2, -0.15) is 0 Å². The minimum absolute atomic E-state index is 0.0176. The van der Waals surface area contributed by atoms with Gasteiger partial charge in [-0.05, 0) is 30.9 Å². The third-order valence-corrected chi connectivity index (χ3v) is 6.82. The monoisotopic (exact) mass is 400 g/mol. The molecule has 3 amide bonds. The summed E-state index contributed by atoms with van der Waals surface area (Å²) < 4.78 is 0. The Hall–Kier alpha value is -2.48. The van der Waals surface area contributed by atoms with Crippen molar-refractivity contribution < 1.29 is 14.4 Å². The zero-order valence-electron chi connectivity index (χ0n) is 15.7. The van der Waals surface area contributed by atoms with Crippen molar-refractivity contribution in [3.05, 3.63) is 28.8 Å². The van der Waals surface area contributed by atoms with E-state index in [1.165, 1.54) is 11.3 Å². The Labute approximate surface area is 167 Å². The standard InChI is InChI=1S/C20H24N4O3S/c21-19(27)18-17(14-5-4-8-22-20(14)28-18)13-7-10-24(11-13)16(26)12-23-9-3-1-2-6-15(23)25/h4-5,8,13H,1-3,6-7,9-12H2,(H2,21,27). The molecule has 148 valence electrons. The molecule has 2 aromatic rings. The molecule has 1 atom stereocenters. The molecule has 0 aromatic carbocycles. The van der Waals surface area contributed by atoms with Gasteiger partial charge in [0.1, 0.15) is 4.83 Å². The fourth-order valence-electron chi connectivity index (χ4n) is 4.23. The summed E-state index contributed by atoms with van der Waals surface area (Å²) in [5, 5.41) is 0.947. The van der Waals surface area contributed by atoms with E-state index in [1.807, 2.05) is 17.0 Å². The Balaban J connectivity index is 1.50. The Morgan fingerprint density at radius 1 is 1.25 bits per heavy atom. The van der Waals surface area contributed by atoms with Gasteiger partial charge in [0, 0.05) is 43.6 Å². The number of hydrogen-bond acceptors (Lipinski definition) is 5. The maximum atomic E-state index is 12.8. The third-order valence-electron chi connectivity index (χ3n) is 5.68. The number of amides is 3. The van der Waals surface area contributed by atoms with Crippen LogP contribution in [0.25, 0.3) is 10.2 Å². The van der Waals surface area contributed by atoms with Gasteiger partial charge in [0.2, 0.25) is 11.8 Å². The van der Waals surface area contributed by atoms with Crippen molar-refractivity contribution in [1.82, 2.24) is 14.8 Å². The molecule has 2 fully saturated rings. The van der Waals surface area contributed by atoms with Crippen LogP contribution in [0, 0.1) is 0 Å². The molecular formula is C20H24N4O3S. The second kappa shape index (κ2) is 7.87. The summed E-state index contributed by atoms with van der Waals surface area (Å²) in [6.45, 7) is 1.98. The van der Waals surface area contributed by atoms with Crippen LogP contribution in [-0.4, -0.2) is 58.7 Å². The molecule has 2 saturated heterocycles. The highest BCUT2D eigenvalue weighted by Gasteiger charge is 2.33.